The third kappa shape index (κ3) is 5.97. The lowest BCUT2D eigenvalue weighted by Gasteiger charge is -2.30. The number of aliphatic carboxylic acids is 1. The van der Waals surface area contributed by atoms with E-state index in [0.717, 1.165) is 0 Å². The Morgan fingerprint density at radius 1 is 1.47 bits per heavy atom. The van der Waals surface area contributed by atoms with Crippen LogP contribution in [0.4, 0.5) is 0 Å². The Morgan fingerprint density at radius 2 is 2.00 bits per heavy atom. The molecular formula is C11H20O8. The fourth-order valence-electron chi connectivity index (χ4n) is 1.34. The second-order valence-electron chi connectivity index (χ2n) is 4.19. The number of cyclic esters (lactones) is 1. The van der Waals surface area contributed by atoms with E-state index in [1.165, 1.54) is 14.0 Å². The number of hydrogen-bond donors (Lipinski definition) is 4. The van der Waals surface area contributed by atoms with Gasteiger partial charge in [-0.2, -0.15) is 0 Å². The average molecular weight is 280 g/mol. The van der Waals surface area contributed by atoms with E-state index in [4.69, 9.17) is 24.8 Å². The normalized spacial score (nSPS) is 29.6. The van der Waals surface area contributed by atoms with Crippen LogP contribution in [-0.4, -0.2) is 70.0 Å². The summed E-state index contributed by atoms with van der Waals surface area (Å²) < 4.78 is 9.65. The van der Waals surface area contributed by atoms with E-state index >= 15 is 0 Å². The third-order valence-electron chi connectivity index (χ3n) is 2.56. The summed E-state index contributed by atoms with van der Waals surface area (Å²) in [6, 6.07) is 0. The number of aliphatic hydroxyl groups excluding tert-OH is 3. The van der Waals surface area contributed by atoms with Gasteiger partial charge >= 0.3 is 11.9 Å². The maximum absolute atomic E-state index is 10.8. The van der Waals surface area contributed by atoms with Gasteiger partial charge < -0.3 is 29.9 Å². The lowest BCUT2D eigenvalue weighted by Crippen LogP contribution is -2.45. The molecule has 0 aliphatic carbocycles. The van der Waals surface area contributed by atoms with E-state index in [0.29, 0.717) is 0 Å². The number of carbonyl (C=O) groups is 2. The number of ether oxygens (including phenoxy) is 2. The van der Waals surface area contributed by atoms with Gasteiger partial charge in [-0.3, -0.25) is 4.79 Å². The molecule has 1 saturated heterocycles. The minimum absolute atomic E-state index is 0.141. The molecule has 1 fully saturated rings. The van der Waals surface area contributed by atoms with Crippen molar-refractivity contribution in [3.8, 4) is 0 Å². The standard InChI is InChI=1S/C7H12O4.C4H8O4/c1-4-7(9)5(10-2)3-6(8)11-4;1-2(5)3(6)4(7)8/h4-5,7,9H,3H2,1-2H3;2-3,5-6H,1H3,(H,7,8)/t4-,5+,7-;/m1./s1. The van der Waals surface area contributed by atoms with Crippen LogP contribution in [0.3, 0.4) is 0 Å². The van der Waals surface area contributed by atoms with Crippen molar-refractivity contribution in [2.75, 3.05) is 7.11 Å². The van der Waals surface area contributed by atoms with Crippen molar-refractivity contribution < 1.29 is 39.5 Å². The molecule has 5 atom stereocenters. The molecule has 112 valence electrons. The van der Waals surface area contributed by atoms with Crippen molar-refractivity contribution >= 4 is 11.9 Å². The second kappa shape index (κ2) is 8.05. The molecule has 0 saturated carbocycles. The van der Waals surface area contributed by atoms with Gasteiger partial charge in [0.05, 0.1) is 18.6 Å². The number of carbonyl (C=O) groups excluding carboxylic acids is 1. The van der Waals surface area contributed by atoms with E-state index in [-0.39, 0.29) is 12.4 Å². The molecule has 1 rings (SSSR count). The maximum Gasteiger partial charge on any atom is 0.335 e. The van der Waals surface area contributed by atoms with Crippen LogP contribution in [0.1, 0.15) is 20.3 Å². The Bertz CT molecular complexity index is 303. The van der Waals surface area contributed by atoms with Crippen LogP contribution in [0.5, 0.6) is 0 Å². The Labute approximate surface area is 110 Å². The molecule has 2 unspecified atom stereocenters. The molecule has 8 nitrogen and oxygen atoms in total. The van der Waals surface area contributed by atoms with Crippen LogP contribution in [-0.2, 0) is 19.1 Å². The highest BCUT2D eigenvalue weighted by atomic mass is 16.6. The Kier molecular flexibility index (Phi) is 7.53. The summed E-state index contributed by atoms with van der Waals surface area (Å²) in [5.74, 6) is -1.71. The van der Waals surface area contributed by atoms with E-state index in [2.05, 4.69) is 0 Å². The molecule has 1 aliphatic rings. The molecule has 0 radical (unpaired) electrons. The number of esters is 1. The summed E-state index contributed by atoms with van der Waals surface area (Å²) in [7, 11) is 1.47. The van der Waals surface area contributed by atoms with Crippen LogP contribution >= 0.6 is 0 Å². The third-order valence-corrected chi connectivity index (χ3v) is 2.56. The summed E-state index contributed by atoms with van der Waals surface area (Å²) in [4.78, 5) is 20.5. The quantitative estimate of drug-likeness (QED) is 0.459. The van der Waals surface area contributed by atoms with Gasteiger partial charge in [0.2, 0.25) is 0 Å². The summed E-state index contributed by atoms with van der Waals surface area (Å²) in [6.45, 7) is 2.85. The summed E-state index contributed by atoms with van der Waals surface area (Å²) in [5.41, 5.74) is 0. The van der Waals surface area contributed by atoms with Crippen molar-refractivity contribution in [3.63, 3.8) is 0 Å². The molecule has 0 aromatic rings. The second-order valence-corrected chi connectivity index (χ2v) is 4.19. The molecule has 4 N–H and O–H groups in total. The van der Waals surface area contributed by atoms with Crippen LogP contribution in [0, 0.1) is 0 Å². The SMILES string of the molecule is CC(O)C(O)C(=O)O.CO[C@H]1CC(=O)O[C@H](C)[C@H]1O. The van der Waals surface area contributed by atoms with Crippen molar-refractivity contribution in [2.45, 2.75) is 50.8 Å². The van der Waals surface area contributed by atoms with E-state index < -0.39 is 36.5 Å². The predicted octanol–water partition coefficient (Wildman–Crippen LogP) is -1.49. The van der Waals surface area contributed by atoms with Gasteiger partial charge in [-0.15, -0.1) is 0 Å². The van der Waals surface area contributed by atoms with Gasteiger partial charge in [-0.05, 0) is 13.8 Å². The van der Waals surface area contributed by atoms with Gasteiger partial charge in [0.1, 0.15) is 12.2 Å². The fraction of sp³-hybridized carbons (Fsp3) is 0.818. The molecule has 0 bridgehead atoms. The highest BCUT2D eigenvalue weighted by molar-refractivity contribution is 5.72. The van der Waals surface area contributed by atoms with Crippen molar-refractivity contribution in [3.05, 3.63) is 0 Å². The molecular weight excluding hydrogens is 260 g/mol. The van der Waals surface area contributed by atoms with Crippen LogP contribution in [0.15, 0.2) is 0 Å². The average Bonchev–Trinajstić information content (AvgIpc) is 2.33. The summed E-state index contributed by atoms with van der Waals surface area (Å²) in [5, 5.41) is 34.0. The van der Waals surface area contributed by atoms with Gasteiger partial charge in [0.15, 0.2) is 6.10 Å². The summed E-state index contributed by atoms with van der Waals surface area (Å²) >= 11 is 0. The lowest BCUT2D eigenvalue weighted by atomic mass is 10.0. The highest BCUT2D eigenvalue weighted by Gasteiger charge is 2.34. The topological polar surface area (TPSA) is 134 Å². The minimum atomic E-state index is -1.66. The molecule has 19 heavy (non-hydrogen) atoms. The number of carboxylic acid groups (broad SMARTS) is 1. The fourth-order valence-corrected chi connectivity index (χ4v) is 1.34. The van der Waals surface area contributed by atoms with Gasteiger partial charge in [0, 0.05) is 7.11 Å². The zero-order valence-corrected chi connectivity index (χ0v) is 11.0. The molecule has 0 aromatic heterocycles. The maximum atomic E-state index is 10.8. The minimum Gasteiger partial charge on any atom is -0.479 e. The Morgan fingerprint density at radius 3 is 2.32 bits per heavy atom. The smallest absolute Gasteiger partial charge is 0.335 e. The Balaban J connectivity index is 0.000000362. The first kappa shape index (κ1) is 17.8. The number of carboxylic acids is 1. The number of hydrogen-bond acceptors (Lipinski definition) is 7. The van der Waals surface area contributed by atoms with Crippen LogP contribution in [0.2, 0.25) is 0 Å². The van der Waals surface area contributed by atoms with E-state index in [9.17, 15) is 14.7 Å². The number of aliphatic hydroxyl groups is 3. The molecule has 1 heterocycles. The monoisotopic (exact) mass is 280 g/mol. The summed E-state index contributed by atoms with van der Waals surface area (Å²) in [6.07, 6.45) is -4.28. The first-order valence-electron chi connectivity index (χ1n) is 5.70. The molecule has 0 amide bonds. The van der Waals surface area contributed by atoms with Gasteiger partial charge in [-0.1, -0.05) is 0 Å². The van der Waals surface area contributed by atoms with Crippen molar-refractivity contribution in [1.29, 1.82) is 0 Å². The van der Waals surface area contributed by atoms with Crippen molar-refractivity contribution in [2.24, 2.45) is 0 Å². The molecule has 0 spiro atoms. The lowest BCUT2D eigenvalue weighted by molar-refractivity contribution is -0.178. The first-order valence-corrected chi connectivity index (χ1v) is 5.70. The van der Waals surface area contributed by atoms with Gasteiger partial charge in [0.25, 0.3) is 0 Å². The molecule has 8 heteroatoms. The first-order chi connectivity index (χ1) is 8.70. The molecule has 0 aromatic carbocycles. The van der Waals surface area contributed by atoms with Gasteiger partial charge in [-0.25, -0.2) is 4.79 Å². The highest BCUT2D eigenvalue weighted by Crippen LogP contribution is 2.17. The zero-order valence-electron chi connectivity index (χ0n) is 11.0. The number of methoxy groups -OCH3 is 1. The van der Waals surface area contributed by atoms with E-state index in [1.54, 1.807) is 6.92 Å². The molecule has 1 aliphatic heterocycles. The van der Waals surface area contributed by atoms with Crippen molar-refractivity contribution in [1.82, 2.24) is 0 Å². The predicted molar refractivity (Wildman–Crippen MR) is 62.3 cm³/mol. The van der Waals surface area contributed by atoms with Crippen LogP contribution in [0.25, 0.3) is 0 Å². The largest absolute Gasteiger partial charge is 0.479 e. The number of rotatable bonds is 3. The van der Waals surface area contributed by atoms with E-state index in [1.807, 2.05) is 0 Å². The zero-order chi connectivity index (χ0) is 15.2. The van der Waals surface area contributed by atoms with Crippen LogP contribution < -0.4 is 0 Å². The Hall–Kier alpha value is -1.22.